The van der Waals surface area contributed by atoms with Gasteiger partial charge in [0, 0.05) is 12.6 Å². The zero-order valence-corrected chi connectivity index (χ0v) is 11.6. The van der Waals surface area contributed by atoms with Crippen LogP contribution in [0.3, 0.4) is 0 Å². The van der Waals surface area contributed by atoms with E-state index in [1.807, 2.05) is 0 Å². The SMILES string of the molecule is CN(CCCCCO)CCC(N)c1ccc(F)cn1. The van der Waals surface area contributed by atoms with Gasteiger partial charge in [0.2, 0.25) is 0 Å². The van der Waals surface area contributed by atoms with Gasteiger partial charge in [-0.25, -0.2) is 4.39 Å². The Morgan fingerprint density at radius 3 is 2.74 bits per heavy atom. The van der Waals surface area contributed by atoms with Crippen LogP contribution in [0.15, 0.2) is 18.3 Å². The molecule has 0 spiro atoms. The van der Waals surface area contributed by atoms with Crippen LogP contribution >= 0.6 is 0 Å². The highest BCUT2D eigenvalue weighted by Crippen LogP contribution is 2.12. The molecule has 19 heavy (non-hydrogen) atoms. The van der Waals surface area contributed by atoms with Crippen molar-refractivity contribution in [1.29, 1.82) is 0 Å². The van der Waals surface area contributed by atoms with Crippen molar-refractivity contribution in [3.63, 3.8) is 0 Å². The van der Waals surface area contributed by atoms with Crippen LogP contribution in [-0.4, -0.2) is 41.7 Å². The van der Waals surface area contributed by atoms with Gasteiger partial charge in [0.15, 0.2) is 0 Å². The molecule has 0 amide bonds. The number of aromatic nitrogens is 1. The van der Waals surface area contributed by atoms with Crippen LogP contribution in [0.25, 0.3) is 0 Å². The summed E-state index contributed by atoms with van der Waals surface area (Å²) < 4.78 is 12.7. The molecule has 0 aromatic carbocycles. The standard InChI is InChI=1S/C14H24FN3O/c1-18(8-3-2-4-10-19)9-7-13(16)14-6-5-12(15)11-17-14/h5-6,11,13,19H,2-4,7-10,16H2,1H3. The molecule has 1 unspecified atom stereocenters. The van der Waals surface area contributed by atoms with Crippen molar-refractivity contribution in [2.45, 2.75) is 31.7 Å². The van der Waals surface area contributed by atoms with E-state index in [9.17, 15) is 4.39 Å². The fourth-order valence-electron chi connectivity index (χ4n) is 1.90. The zero-order chi connectivity index (χ0) is 14.1. The topological polar surface area (TPSA) is 62.4 Å². The van der Waals surface area contributed by atoms with E-state index in [0.29, 0.717) is 0 Å². The molecule has 0 aliphatic heterocycles. The molecule has 5 heteroatoms. The lowest BCUT2D eigenvalue weighted by Gasteiger charge is -2.19. The highest BCUT2D eigenvalue weighted by atomic mass is 19.1. The summed E-state index contributed by atoms with van der Waals surface area (Å²) in [6.45, 7) is 2.16. The molecule has 0 bridgehead atoms. The van der Waals surface area contributed by atoms with Crippen LogP contribution < -0.4 is 5.73 Å². The molecule has 3 N–H and O–H groups in total. The summed E-state index contributed by atoms with van der Waals surface area (Å²) in [7, 11) is 2.06. The molecule has 0 saturated carbocycles. The first kappa shape index (κ1) is 16.0. The highest BCUT2D eigenvalue weighted by Gasteiger charge is 2.09. The lowest BCUT2D eigenvalue weighted by molar-refractivity contribution is 0.270. The molecule has 0 aliphatic rings. The highest BCUT2D eigenvalue weighted by molar-refractivity contribution is 5.09. The number of rotatable bonds is 9. The van der Waals surface area contributed by atoms with E-state index < -0.39 is 0 Å². The minimum atomic E-state index is -0.336. The van der Waals surface area contributed by atoms with Crippen LogP contribution in [0, 0.1) is 5.82 Å². The number of nitrogens with two attached hydrogens (primary N) is 1. The molecule has 4 nitrogen and oxygen atoms in total. The van der Waals surface area contributed by atoms with E-state index >= 15 is 0 Å². The molecule has 0 aliphatic carbocycles. The fraction of sp³-hybridized carbons (Fsp3) is 0.643. The van der Waals surface area contributed by atoms with E-state index in [2.05, 4.69) is 16.9 Å². The molecular formula is C14H24FN3O. The van der Waals surface area contributed by atoms with Crippen LogP contribution in [0.1, 0.15) is 37.4 Å². The average molecular weight is 269 g/mol. The Morgan fingerprint density at radius 2 is 2.11 bits per heavy atom. The second kappa shape index (κ2) is 8.96. The van der Waals surface area contributed by atoms with E-state index in [4.69, 9.17) is 10.8 Å². The summed E-state index contributed by atoms with van der Waals surface area (Å²) in [6, 6.07) is 2.88. The number of pyridine rings is 1. The van der Waals surface area contributed by atoms with Crippen molar-refractivity contribution in [1.82, 2.24) is 9.88 Å². The average Bonchev–Trinajstić information content (AvgIpc) is 2.42. The molecule has 0 saturated heterocycles. The number of unbranched alkanes of at least 4 members (excludes halogenated alkanes) is 2. The molecule has 108 valence electrons. The van der Waals surface area contributed by atoms with E-state index in [-0.39, 0.29) is 18.5 Å². The summed E-state index contributed by atoms with van der Waals surface area (Å²) in [5.74, 6) is -0.336. The van der Waals surface area contributed by atoms with Crippen molar-refractivity contribution in [3.05, 3.63) is 29.8 Å². The third-order valence-electron chi connectivity index (χ3n) is 3.15. The van der Waals surface area contributed by atoms with E-state index in [0.717, 1.165) is 44.5 Å². The summed E-state index contributed by atoms with van der Waals surface area (Å²) in [4.78, 5) is 6.22. The minimum absolute atomic E-state index is 0.152. The summed E-state index contributed by atoms with van der Waals surface area (Å²) in [5.41, 5.74) is 6.76. The number of aliphatic hydroxyl groups excluding tert-OH is 1. The third-order valence-corrected chi connectivity index (χ3v) is 3.15. The van der Waals surface area contributed by atoms with E-state index in [1.54, 1.807) is 6.07 Å². The summed E-state index contributed by atoms with van der Waals surface area (Å²) in [6.07, 6.45) is 5.00. The van der Waals surface area contributed by atoms with E-state index in [1.165, 1.54) is 12.3 Å². The predicted octanol–water partition coefficient (Wildman–Crippen LogP) is 1.70. The second-order valence-electron chi connectivity index (χ2n) is 4.88. The molecule has 1 atom stereocenters. The van der Waals surface area contributed by atoms with Crippen LogP contribution in [0.2, 0.25) is 0 Å². The Balaban J connectivity index is 2.22. The van der Waals surface area contributed by atoms with Gasteiger partial charge in [-0.3, -0.25) is 4.98 Å². The number of halogens is 1. The van der Waals surface area contributed by atoms with Crippen molar-refractivity contribution in [2.24, 2.45) is 5.73 Å². The molecular weight excluding hydrogens is 245 g/mol. The van der Waals surface area contributed by atoms with Gasteiger partial charge in [0.25, 0.3) is 0 Å². The maximum Gasteiger partial charge on any atom is 0.141 e. The van der Waals surface area contributed by atoms with Crippen molar-refractivity contribution >= 4 is 0 Å². The Bertz CT molecular complexity index is 345. The first-order chi connectivity index (χ1) is 9.13. The molecule has 1 rings (SSSR count). The van der Waals surface area contributed by atoms with Gasteiger partial charge in [0.05, 0.1) is 11.9 Å². The molecule has 1 aromatic rings. The number of hydrogen-bond donors (Lipinski definition) is 2. The largest absolute Gasteiger partial charge is 0.396 e. The summed E-state index contributed by atoms with van der Waals surface area (Å²) in [5, 5.41) is 8.69. The number of aliphatic hydroxyl groups is 1. The van der Waals surface area contributed by atoms with Gasteiger partial charge >= 0.3 is 0 Å². The van der Waals surface area contributed by atoms with Gasteiger partial charge in [-0.2, -0.15) is 0 Å². The van der Waals surface area contributed by atoms with Gasteiger partial charge in [-0.1, -0.05) is 0 Å². The Hall–Kier alpha value is -1.04. The van der Waals surface area contributed by atoms with Gasteiger partial charge < -0.3 is 15.7 Å². The van der Waals surface area contributed by atoms with Crippen molar-refractivity contribution in [2.75, 3.05) is 26.7 Å². The van der Waals surface area contributed by atoms with Gasteiger partial charge in [-0.15, -0.1) is 0 Å². The smallest absolute Gasteiger partial charge is 0.141 e. The lowest BCUT2D eigenvalue weighted by atomic mass is 10.1. The number of hydrogen-bond acceptors (Lipinski definition) is 4. The van der Waals surface area contributed by atoms with Crippen LogP contribution in [0.5, 0.6) is 0 Å². The van der Waals surface area contributed by atoms with Crippen molar-refractivity contribution < 1.29 is 9.50 Å². The maximum atomic E-state index is 12.7. The first-order valence-corrected chi connectivity index (χ1v) is 6.80. The monoisotopic (exact) mass is 269 g/mol. The quantitative estimate of drug-likeness (QED) is 0.670. The molecule has 0 radical (unpaired) electrons. The predicted molar refractivity (Wildman–Crippen MR) is 74.2 cm³/mol. The van der Waals surface area contributed by atoms with Gasteiger partial charge in [-0.05, 0) is 58.0 Å². The van der Waals surface area contributed by atoms with Gasteiger partial charge in [0.1, 0.15) is 5.82 Å². The molecule has 0 fully saturated rings. The molecule has 1 heterocycles. The Morgan fingerprint density at radius 1 is 1.32 bits per heavy atom. The lowest BCUT2D eigenvalue weighted by Crippen LogP contribution is -2.25. The summed E-state index contributed by atoms with van der Waals surface area (Å²) >= 11 is 0. The maximum absolute atomic E-state index is 12.7. The van der Waals surface area contributed by atoms with Crippen molar-refractivity contribution in [3.8, 4) is 0 Å². The first-order valence-electron chi connectivity index (χ1n) is 6.80. The zero-order valence-electron chi connectivity index (χ0n) is 11.6. The fourth-order valence-corrected chi connectivity index (χ4v) is 1.90. The van der Waals surface area contributed by atoms with Crippen LogP contribution in [-0.2, 0) is 0 Å². The van der Waals surface area contributed by atoms with Crippen LogP contribution in [0.4, 0.5) is 4.39 Å². The number of nitrogens with zero attached hydrogens (tertiary/aromatic N) is 2. The Kier molecular flexibility index (Phi) is 7.55. The Labute approximate surface area is 114 Å². The second-order valence-corrected chi connectivity index (χ2v) is 4.88. The normalized spacial score (nSPS) is 12.9. The minimum Gasteiger partial charge on any atom is -0.396 e. The third kappa shape index (κ3) is 6.61. The molecule has 1 aromatic heterocycles.